The van der Waals surface area contributed by atoms with Crippen LogP contribution in [0.15, 0.2) is 24.3 Å². The second-order valence-electron chi connectivity index (χ2n) is 4.88. The van der Waals surface area contributed by atoms with Crippen LogP contribution in [-0.2, 0) is 16.1 Å². The minimum Gasteiger partial charge on any atom is -0.497 e. The van der Waals surface area contributed by atoms with Crippen LogP contribution in [0.5, 0.6) is 5.75 Å². The molecule has 1 fully saturated rings. The highest BCUT2D eigenvalue weighted by Crippen LogP contribution is 2.14. The molecule has 1 heterocycles. The lowest BCUT2D eigenvalue weighted by Gasteiger charge is -2.29. The number of nitrogens with zero attached hydrogens (tertiary/aromatic N) is 1. The standard InChI is InChI=1S/C15H22N2O3/c1-12(15(18)17-8-6-16-7-9-17)20-11-13-4-3-5-14(10-13)19-2/h3-5,10,12,16H,6-9,11H2,1-2H3. The Kier molecular flexibility index (Phi) is 5.38. The van der Waals surface area contributed by atoms with Gasteiger partial charge in [-0.15, -0.1) is 0 Å². The number of methoxy groups -OCH3 is 1. The lowest BCUT2D eigenvalue weighted by molar-refractivity contribution is -0.144. The molecule has 0 saturated carbocycles. The van der Waals surface area contributed by atoms with Gasteiger partial charge in [0.25, 0.3) is 5.91 Å². The van der Waals surface area contributed by atoms with Gasteiger partial charge in [-0.1, -0.05) is 12.1 Å². The van der Waals surface area contributed by atoms with E-state index < -0.39 is 6.10 Å². The van der Waals surface area contributed by atoms with Crippen LogP contribution in [-0.4, -0.2) is 50.2 Å². The Morgan fingerprint density at radius 1 is 1.40 bits per heavy atom. The number of benzene rings is 1. The summed E-state index contributed by atoms with van der Waals surface area (Å²) in [5.74, 6) is 0.863. The smallest absolute Gasteiger partial charge is 0.251 e. The van der Waals surface area contributed by atoms with Crippen LogP contribution in [0.4, 0.5) is 0 Å². The van der Waals surface area contributed by atoms with Gasteiger partial charge in [-0.05, 0) is 24.6 Å². The van der Waals surface area contributed by atoms with Gasteiger partial charge in [0.2, 0.25) is 0 Å². The number of ether oxygens (including phenoxy) is 2. The molecule has 1 unspecified atom stereocenters. The van der Waals surface area contributed by atoms with E-state index in [0.717, 1.165) is 37.5 Å². The minimum atomic E-state index is -0.417. The van der Waals surface area contributed by atoms with E-state index >= 15 is 0 Å². The molecule has 1 atom stereocenters. The molecule has 2 rings (SSSR count). The highest BCUT2D eigenvalue weighted by Gasteiger charge is 2.22. The van der Waals surface area contributed by atoms with Crippen molar-refractivity contribution in [2.75, 3.05) is 33.3 Å². The summed E-state index contributed by atoms with van der Waals surface area (Å²) in [5, 5.41) is 3.23. The van der Waals surface area contributed by atoms with Crippen LogP contribution in [0.2, 0.25) is 0 Å². The summed E-state index contributed by atoms with van der Waals surface area (Å²) in [6.45, 7) is 5.45. The van der Waals surface area contributed by atoms with E-state index in [2.05, 4.69) is 5.32 Å². The van der Waals surface area contributed by atoms with Crippen molar-refractivity contribution in [1.29, 1.82) is 0 Å². The Morgan fingerprint density at radius 3 is 2.85 bits per heavy atom. The van der Waals surface area contributed by atoms with Crippen molar-refractivity contribution in [2.45, 2.75) is 19.6 Å². The van der Waals surface area contributed by atoms with Gasteiger partial charge in [0.1, 0.15) is 11.9 Å². The fourth-order valence-corrected chi connectivity index (χ4v) is 2.20. The number of carbonyl (C=O) groups is 1. The average Bonchev–Trinajstić information content (AvgIpc) is 2.53. The Hall–Kier alpha value is -1.59. The normalized spacial score (nSPS) is 16.8. The Labute approximate surface area is 119 Å². The largest absolute Gasteiger partial charge is 0.497 e. The molecule has 0 radical (unpaired) electrons. The van der Waals surface area contributed by atoms with Crippen molar-refractivity contribution in [1.82, 2.24) is 10.2 Å². The topological polar surface area (TPSA) is 50.8 Å². The number of carbonyl (C=O) groups excluding carboxylic acids is 1. The van der Waals surface area contributed by atoms with Crippen molar-refractivity contribution < 1.29 is 14.3 Å². The van der Waals surface area contributed by atoms with E-state index in [4.69, 9.17) is 9.47 Å². The quantitative estimate of drug-likeness (QED) is 0.874. The van der Waals surface area contributed by atoms with E-state index in [9.17, 15) is 4.79 Å². The Balaban J connectivity index is 1.84. The summed E-state index contributed by atoms with van der Waals surface area (Å²) in [6.07, 6.45) is -0.417. The van der Waals surface area contributed by atoms with E-state index in [-0.39, 0.29) is 5.91 Å². The summed E-state index contributed by atoms with van der Waals surface area (Å²) in [5.41, 5.74) is 1.00. The Bertz CT molecular complexity index is 444. The third-order valence-corrected chi connectivity index (χ3v) is 3.41. The van der Waals surface area contributed by atoms with Gasteiger partial charge >= 0.3 is 0 Å². The van der Waals surface area contributed by atoms with E-state index in [1.165, 1.54) is 0 Å². The third kappa shape index (κ3) is 3.95. The van der Waals surface area contributed by atoms with Crippen LogP contribution in [0, 0.1) is 0 Å². The second kappa shape index (κ2) is 7.26. The molecule has 1 aromatic carbocycles. The van der Waals surface area contributed by atoms with Gasteiger partial charge in [-0.2, -0.15) is 0 Å². The van der Waals surface area contributed by atoms with E-state index in [0.29, 0.717) is 6.61 Å². The number of hydrogen-bond acceptors (Lipinski definition) is 4. The van der Waals surface area contributed by atoms with Crippen molar-refractivity contribution in [3.8, 4) is 5.75 Å². The number of piperazine rings is 1. The fraction of sp³-hybridized carbons (Fsp3) is 0.533. The molecule has 110 valence electrons. The lowest BCUT2D eigenvalue weighted by atomic mass is 10.2. The molecule has 1 amide bonds. The summed E-state index contributed by atoms with van der Waals surface area (Å²) in [7, 11) is 1.64. The van der Waals surface area contributed by atoms with Crippen LogP contribution in [0.25, 0.3) is 0 Å². The molecule has 0 aromatic heterocycles. The number of rotatable bonds is 5. The fourth-order valence-electron chi connectivity index (χ4n) is 2.20. The van der Waals surface area contributed by atoms with Crippen LogP contribution < -0.4 is 10.1 Å². The van der Waals surface area contributed by atoms with Crippen molar-refractivity contribution in [3.05, 3.63) is 29.8 Å². The predicted octanol–water partition coefficient (Wildman–Crippen LogP) is 1.03. The summed E-state index contributed by atoms with van der Waals surface area (Å²) in [4.78, 5) is 14.0. The zero-order valence-corrected chi connectivity index (χ0v) is 12.1. The van der Waals surface area contributed by atoms with Crippen molar-refractivity contribution >= 4 is 5.91 Å². The average molecular weight is 278 g/mol. The minimum absolute atomic E-state index is 0.0643. The van der Waals surface area contributed by atoms with E-state index in [1.807, 2.05) is 36.1 Å². The number of nitrogens with one attached hydrogen (secondary N) is 1. The molecule has 5 heteroatoms. The first-order chi connectivity index (χ1) is 9.70. The molecule has 0 aliphatic carbocycles. The summed E-state index contributed by atoms with van der Waals surface area (Å²) < 4.78 is 10.8. The van der Waals surface area contributed by atoms with E-state index in [1.54, 1.807) is 7.11 Å². The maximum atomic E-state index is 12.2. The SMILES string of the molecule is COc1cccc(COC(C)C(=O)N2CCNCC2)c1. The van der Waals surface area contributed by atoms with Gasteiger partial charge < -0.3 is 19.7 Å². The first kappa shape index (κ1) is 14.8. The van der Waals surface area contributed by atoms with Gasteiger partial charge in [-0.25, -0.2) is 0 Å². The summed E-state index contributed by atoms with van der Waals surface area (Å²) >= 11 is 0. The lowest BCUT2D eigenvalue weighted by Crippen LogP contribution is -2.49. The molecule has 1 aromatic rings. The zero-order chi connectivity index (χ0) is 14.4. The van der Waals surface area contributed by atoms with Crippen molar-refractivity contribution in [2.24, 2.45) is 0 Å². The molecule has 20 heavy (non-hydrogen) atoms. The first-order valence-electron chi connectivity index (χ1n) is 6.94. The molecule has 1 aliphatic rings. The molecule has 1 aliphatic heterocycles. The molecule has 5 nitrogen and oxygen atoms in total. The van der Waals surface area contributed by atoms with Gasteiger partial charge in [0.05, 0.1) is 13.7 Å². The zero-order valence-electron chi connectivity index (χ0n) is 12.1. The molecule has 1 saturated heterocycles. The number of hydrogen-bond donors (Lipinski definition) is 1. The molecule has 1 N–H and O–H groups in total. The molecule has 0 bridgehead atoms. The second-order valence-corrected chi connectivity index (χ2v) is 4.88. The first-order valence-corrected chi connectivity index (χ1v) is 6.94. The highest BCUT2D eigenvalue weighted by molar-refractivity contribution is 5.80. The number of amides is 1. The van der Waals surface area contributed by atoms with Gasteiger partial charge in [0.15, 0.2) is 0 Å². The monoisotopic (exact) mass is 278 g/mol. The summed E-state index contributed by atoms with van der Waals surface area (Å²) in [6, 6.07) is 7.69. The van der Waals surface area contributed by atoms with Crippen LogP contribution in [0.3, 0.4) is 0 Å². The predicted molar refractivity (Wildman–Crippen MR) is 76.7 cm³/mol. The van der Waals surface area contributed by atoms with Gasteiger partial charge in [0, 0.05) is 26.2 Å². The van der Waals surface area contributed by atoms with Crippen LogP contribution >= 0.6 is 0 Å². The third-order valence-electron chi connectivity index (χ3n) is 3.41. The maximum absolute atomic E-state index is 12.2. The Morgan fingerprint density at radius 2 is 2.15 bits per heavy atom. The van der Waals surface area contributed by atoms with Crippen molar-refractivity contribution in [3.63, 3.8) is 0 Å². The van der Waals surface area contributed by atoms with Crippen LogP contribution in [0.1, 0.15) is 12.5 Å². The molecular weight excluding hydrogens is 256 g/mol. The van der Waals surface area contributed by atoms with Gasteiger partial charge in [-0.3, -0.25) is 4.79 Å². The molecular formula is C15H22N2O3. The highest BCUT2D eigenvalue weighted by atomic mass is 16.5. The maximum Gasteiger partial charge on any atom is 0.251 e. The molecule has 0 spiro atoms.